The van der Waals surface area contributed by atoms with E-state index < -0.39 is 0 Å². The van der Waals surface area contributed by atoms with Crippen LogP contribution in [0.2, 0.25) is 0 Å². The summed E-state index contributed by atoms with van der Waals surface area (Å²) in [6, 6.07) is 0. The van der Waals surface area contributed by atoms with Crippen molar-refractivity contribution in [3.63, 3.8) is 0 Å². The van der Waals surface area contributed by atoms with Crippen LogP contribution in [0.5, 0.6) is 0 Å². The average Bonchev–Trinajstić information content (AvgIpc) is 3.07. The summed E-state index contributed by atoms with van der Waals surface area (Å²) >= 11 is 0. The molecule has 0 spiro atoms. The summed E-state index contributed by atoms with van der Waals surface area (Å²) in [4.78, 5) is 17.0. The highest BCUT2D eigenvalue weighted by molar-refractivity contribution is 5.79. The molecule has 2 saturated heterocycles. The van der Waals surface area contributed by atoms with Crippen LogP contribution in [0, 0.1) is 13.8 Å². The van der Waals surface area contributed by atoms with Crippen molar-refractivity contribution in [1.29, 1.82) is 0 Å². The normalized spacial score (nSPS) is 23.2. The summed E-state index contributed by atoms with van der Waals surface area (Å²) < 4.78 is 10.9. The lowest BCUT2D eigenvalue weighted by atomic mass is 10.1. The fraction of sp³-hybridized carbons (Fsp3) is 0.765. The van der Waals surface area contributed by atoms with E-state index in [4.69, 9.17) is 9.26 Å². The standard InChI is InChI=1S/C17H27N3O3/c1-13-16(14(2)23-18-13)11-17(21)20-7-4-6-19(8-9-20)12-15-5-3-10-22-15/h15H,3-12H2,1-2H3. The van der Waals surface area contributed by atoms with Crippen molar-refractivity contribution in [2.24, 2.45) is 0 Å². The van der Waals surface area contributed by atoms with Gasteiger partial charge in [0.1, 0.15) is 5.76 Å². The van der Waals surface area contributed by atoms with E-state index in [9.17, 15) is 4.79 Å². The number of aromatic nitrogens is 1. The molecule has 1 aromatic heterocycles. The Morgan fingerprint density at radius 2 is 2.09 bits per heavy atom. The van der Waals surface area contributed by atoms with Crippen LogP contribution in [-0.4, -0.2) is 66.3 Å². The van der Waals surface area contributed by atoms with Gasteiger partial charge in [-0.05, 0) is 39.7 Å². The van der Waals surface area contributed by atoms with Gasteiger partial charge in [0.05, 0.1) is 18.2 Å². The van der Waals surface area contributed by atoms with E-state index in [1.54, 1.807) is 0 Å². The molecule has 0 aromatic carbocycles. The molecule has 0 radical (unpaired) electrons. The van der Waals surface area contributed by atoms with Crippen molar-refractivity contribution in [3.8, 4) is 0 Å². The first-order chi connectivity index (χ1) is 11.1. The van der Waals surface area contributed by atoms with E-state index in [0.717, 1.165) is 62.8 Å². The minimum atomic E-state index is 0.179. The second kappa shape index (κ2) is 7.45. The maximum absolute atomic E-state index is 12.6. The van der Waals surface area contributed by atoms with Gasteiger partial charge in [0.15, 0.2) is 0 Å². The topological polar surface area (TPSA) is 58.8 Å². The van der Waals surface area contributed by atoms with Gasteiger partial charge >= 0.3 is 0 Å². The number of carbonyl (C=O) groups is 1. The predicted molar refractivity (Wildman–Crippen MR) is 86.3 cm³/mol. The zero-order chi connectivity index (χ0) is 16.2. The van der Waals surface area contributed by atoms with Crippen LogP contribution in [0.15, 0.2) is 4.52 Å². The third-order valence-corrected chi connectivity index (χ3v) is 4.94. The molecule has 0 aliphatic carbocycles. The highest BCUT2D eigenvalue weighted by atomic mass is 16.5. The summed E-state index contributed by atoms with van der Waals surface area (Å²) in [5.74, 6) is 0.934. The van der Waals surface area contributed by atoms with Gasteiger partial charge in [-0.1, -0.05) is 5.16 Å². The lowest BCUT2D eigenvalue weighted by molar-refractivity contribution is -0.130. The Hall–Kier alpha value is -1.40. The molecule has 0 N–H and O–H groups in total. The molecule has 3 heterocycles. The fourth-order valence-corrected chi connectivity index (χ4v) is 3.50. The maximum atomic E-state index is 12.6. The number of carbonyl (C=O) groups excluding carboxylic acids is 1. The number of nitrogens with zero attached hydrogens (tertiary/aromatic N) is 3. The highest BCUT2D eigenvalue weighted by Crippen LogP contribution is 2.17. The summed E-state index contributed by atoms with van der Waals surface area (Å²) in [5, 5.41) is 3.93. The molecule has 1 aromatic rings. The van der Waals surface area contributed by atoms with Gasteiger partial charge in [-0.2, -0.15) is 0 Å². The van der Waals surface area contributed by atoms with E-state index in [1.807, 2.05) is 18.7 Å². The smallest absolute Gasteiger partial charge is 0.227 e. The second-order valence-corrected chi connectivity index (χ2v) is 6.65. The Bertz CT molecular complexity index is 518. The Balaban J connectivity index is 1.51. The lowest BCUT2D eigenvalue weighted by Gasteiger charge is -2.24. The van der Waals surface area contributed by atoms with E-state index in [0.29, 0.717) is 12.5 Å². The molecule has 2 fully saturated rings. The number of aryl methyl sites for hydroxylation is 2. The summed E-state index contributed by atoms with van der Waals surface area (Å²) in [6.45, 7) is 9.30. The van der Waals surface area contributed by atoms with Crippen molar-refractivity contribution in [2.45, 2.75) is 45.6 Å². The van der Waals surface area contributed by atoms with Crippen LogP contribution in [0.4, 0.5) is 0 Å². The molecule has 0 saturated carbocycles. The molecule has 2 aliphatic rings. The first-order valence-corrected chi connectivity index (χ1v) is 8.67. The van der Waals surface area contributed by atoms with E-state index in [-0.39, 0.29) is 5.91 Å². The monoisotopic (exact) mass is 321 g/mol. The molecule has 1 unspecified atom stereocenters. The van der Waals surface area contributed by atoms with E-state index in [1.165, 1.54) is 12.8 Å². The fourth-order valence-electron chi connectivity index (χ4n) is 3.50. The lowest BCUT2D eigenvalue weighted by Crippen LogP contribution is -2.38. The van der Waals surface area contributed by atoms with Crippen LogP contribution >= 0.6 is 0 Å². The molecule has 128 valence electrons. The number of ether oxygens (including phenoxy) is 1. The largest absolute Gasteiger partial charge is 0.377 e. The van der Waals surface area contributed by atoms with Gasteiger partial charge in [-0.25, -0.2) is 0 Å². The Morgan fingerprint density at radius 3 is 2.78 bits per heavy atom. The number of hydrogen-bond donors (Lipinski definition) is 0. The Kier molecular flexibility index (Phi) is 5.33. The number of rotatable bonds is 4. The quantitative estimate of drug-likeness (QED) is 0.842. The predicted octanol–water partition coefficient (Wildman–Crippen LogP) is 1.55. The molecule has 0 bridgehead atoms. The third kappa shape index (κ3) is 4.12. The summed E-state index contributed by atoms with van der Waals surface area (Å²) in [6.07, 6.45) is 4.16. The molecule has 6 heteroatoms. The van der Waals surface area contributed by atoms with Crippen molar-refractivity contribution in [2.75, 3.05) is 39.3 Å². The average molecular weight is 321 g/mol. The van der Waals surface area contributed by atoms with Gasteiger partial charge in [0.25, 0.3) is 0 Å². The number of amides is 1. The van der Waals surface area contributed by atoms with Crippen molar-refractivity contribution >= 4 is 5.91 Å². The number of hydrogen-bond acceptors (Lipinski definition) is 5. The van der Waals surface area contributed by atoms with Gasteiger partial charge < -0.3 is 14.2 Å². The minimum absolute atomic E-state index is 0.179. The second-order valence-electron chi connectivity index (χ2n) is 6.65. The minimum Gasteiger partial charge on any atom is -0.377 e. The molecule has 3 rings (SSSR count). The van der Waals surface area contributed by atoms with E-state index in [2.05, 4.69) is 10.1 Å². The van der Waals surface area contributed by atoms with Gasteiger partial charge in [-0.15, -0.1) is 0 Å². The van der Waals surface area contributed by atoms with Gasteiger partial charge in [-0.3, -0.25) is 9.69 Å². The third-order valence-electron chi connectivity index (χ3n) is 4.94. The van der Waals surface area contributed by atoms with Crippen LogP contribution in [0.1, 0.15) is 36.3 Å². The molecular formula is C17H27N3O3. The molecule has 23 heavy (non-hydrogen) atoms. The molecular weight excluding hydrogens is 294 g/mol. The first kappa shape index (κ1) is 16.5. The van der Waals surface area contributed by atoms with Gasteiger partial charge in [0.2, 0.25) is 5.91 Å². The summed E-state index contributed by atoms with van der Waals surface area (Å²) in [7, 11) is 0. The highest BCUT2D eigenvalue weighted by Gasteiger charge is 2.24. The maximum Gasteiger partial charge on any atom is 0.227 e. The zero-order valence-corrected chi connectivity index (χ0v) is 14.2. The van der Waals surface area contributed by atoms with Crippen molar-refractivity contribution in [1.82, 2.24) is 15.0 Å². The van der Waals surface area contributed by atoms with Gasteiger partial charge in [0, 0.05) is 38.3 Å². The zero-order valence-electron chi connectivity index (χ0n) is 14.2. The molecule has 6 nitrogen and oxygen atoms in total. The Morgan fingerprint density at radius 1 is 1.22 bits per heavy atom. The van der Waals surface area contributed by atoms with Crippen molar-refractivity contribution < 1.29 is 14.1 Å². The van der Waals surface area contributed by atoms with Crippen LogP contribution in [-0.2, 0) is 16.0 Å². The van der Waals surface area contributed by atoms with Crippen LogP contribution in [0.3, 0.4) is 0 Å². The molecule has 2 aliphatic heterocycles. The Labute approximate surface area is 137 Å². The van der Waals surface area contributed by atoms with Crippen LogP contribution in [0.25, 0.3) is 0 Å². The van der Waals surface area contributed by atoms with E-state index >= 15 is 0 Å². The van der Waals surface area contributed by atoms with Crippen LogP contribution < -0.4 is 0 Å². The SMILES string of the molecule is Cc1noc(C)c1CC(=O)N1CCCN(CC2CCCO2)CC1. The molecule has 1 amide bonds. The first-order valence-electron chi connectivity index (χ1n) is 8.67. The van der Waals surface area contributed by atoms with Crippen molar-refractivity contribution in [3.05, 3.63) is 17.0 Å². The summed E-state index contributed by atoms with van der Waals surface area (Å²) in [5.41, 5.74) is 1.76. The molecule has 1 atom stereocenters.